The van der Waals surface area contributed by atoms with Crippen LogP contribution in [0.4, 0.5) is 0 Å². The number of aliphatic carboxylic acids is 1. The summed E-state index contributed by atoms with van der Waals surface area (Å²) in [5.41, 5.74) is 0. The molecule has 2 unspecified atom stereocenters. The second-order valence-corrected chi connectivity index (χ2v) is 6.74. The lowest BCUT2D eigenvalue weighted by atomic mass is 9.99. The molecular weight excluding hydrogens is 324 g/mol. The maximum Gasteiger partial charge on any atom is 0.303 e. The molecule has 0 aliphatic rings. The van der Waals surface area contributed by atoms with Crippen LogP contribution in [-0.4, -0.2) is 16.3 Å². The van der Waals surface area contributed by atoms with Crippen molar-refractivity contribution in [1.29, 1.82) is 0 Å². The molecule has 0 saturated carbocycles. The van der Waals surface area contributed by atoms with Crippen LogP contribution < -0.4 is 0 Å². The van der Waals surface area contributed by atoms with Gasteiger partial charge < -0.3 is 5.11 Å². The van der Waals surface area contributed by atoms with Gasteiger partial charge in [0.05, 0.1) is 0 Å². The van der Waals surface area contributed by atoms with E-state index in [4.69, 9.17) is 16.7 Å². The molecule has 0 spiro atoms. The van der Waals surface area contributed by atoms with E-state index in [1.165, 1.54) is 38.5 Å². The molecule has 4 heteroatoms. The van der Waals surface area contributed by atoms with Gasteiger partial charge in [-0.15, -0.1) is 0 Å². The monoisotopic (exact) mass is 364 g/mol. The highest BCUT2D eigenvalue weighted by Gasteiger charge is 2.04. The Morgan fingerprint density at radius 2 is 1.21 bits per heavy atom. The highest BCUT2D eigenvalue weighted by atomic mass is 35.5. The van der Waals surface area contributed by atoms with Crippen molar-refractivity contribution in [3.05, 3.63) is 0 Å². The molecule has 24 heavy (non-hydrogen) atoms. The summed E-state index contributed by atoms with van der Waals surface area (Å²) in [5.74, 6) is 0.553. The smallest absolute Gasteiger partial charge is 0.303 e. The average molecular weight is 365 g/mol. The number of carboxylic acid groups (broad SMARTS) is 1. The standard InChI is InChI=1S/C9H17ClO.C9H18O2.C2H6/c2*1-3-4-5-8(2)6-7-9(10)11;1-2/h8H,3-7H2,1-2H3;8H,3-7H2,1-2H3,(H,10,11);1-2H3. The zero-order valence-corrected chi connectivity index (χ0v) is 17.6. The summed E-state index contributed by atoms with van der Waals surface area (Å²) in [6.07, 6.45) is 9.95. The Hall–Kier alpha value is -0.570. The van der Waals surface area contributed by atoms with Gasteiger partial charge in [-0.3, -0.25) is 9.59 Å². The Morgan fingerprint density at radius 1 is 0.833 bits per heavy atom. The molecule has 3 nitrogen and oxygen atoms in total. The lowest BCUT2D eigenvalue weighted by molar-refractivity contribution is -0.137. The van der Waals surface area contributed by atoms with Crippen molar-refractivity contribution < 1.29 is 14.7 Å². The number of carbonyl (C=O) groups is 2. The van der Waals surface area contributed by atoms with Crippen LogP contribution in [0.3, 0.4) is 0 Å². The molecule has 0 fully saturated rings. The number of halogens is 1. The van der Waals surface area contributed by atoms with Crippen molar-refractivity contribution in [2.24, 2.45) is 11.8 Å². The summed E-state index contributed by atoms with van der Waals surface area (Å²) in [6.45, 7) is 12.6. The van der Waals surface area contributed by atoms with E-state index < -0.39 is 5.97 Å². The van der Waals surface area contributed by atoms with E-state index >= 15 is 0 Å². The van der Waals surface area contributed by atoms with Gasteiger partial charge in [0.15, 0.2) is 0 Å². The molecule has 0 rings (SSSR count). The molecule has 0 radical (unpaired) electrons. The van der Waals surface area contributed by atoms with E-state index in [1.807, 2.05) is 13.8 Å². The van der Waals surface area contributed by atoms with Crippen molar-refractivity contribution in [2.45, 2.75) is 106 Å². The summed E-state index contributed by atoms with van der Waals surface area (Å²) in [5, 5.41) is 8.19. The third-order valence-corrected chi connectivity index (χ3v) is 3.97. The van der Waals surface area contributed by atoms with Crippen molar-refractivity contribution >= 4 is 22.8 Å². The Balaban J connectivity index is -0.000000333. The minimum atomic E-state index is -0.673. The van der Waals surface area contributed by atoms with E-state index in [9.17, 15) is 9.59 Å². The summed E-state index contributed by atoms with van der Waals surface area (Å²) < 4.78 is 0. The van der Waals surface area contributed by atoms with Crippen LogP contribution >= 0.6 is 11.6 Å². The first-order valence-electron chi connectivity index (χ1n) is 9.73. The maximum atomic E-state index is 10.4. The SMILES string of the molecule is CC.CCCCC(C)CCC(=O)Cl.CCCCC(C)CCC(=O)O. The van der Waals surface area contributed by atoms with Crippen LogP contribution in [0.25, 0.3) is 0 Å². The fourth-order valence-electron chi connectivity index (χ4n) is 2.12. The number of hydrogen-bond acceptors (Lipinski definition) is 2. The van der Waals surface area contributed by atoms with Gasteiger partial charge in [-0.2, -0.15) is 0 Å². The zero-order chi connectivity index (χ0) is 19.4. The third kappa shape index (κ3) is 29.4. The quantitative estimate of drug-likeness (QED) is 0.377. The predicted octanol–water partition coefficient (Wildman–Crippen LogP) is 7.06. The van der Waals surface area contributed by atoms with Crippen LogP contribution in [0.2, 0.25) is 0 Å². The number of unbranched alkanes of at least 4 members (excludes halogenated alkanes) is 2. The lowest BCUT2D eigenvalue weighted by Gasteiger charge is -2.07. The molecule has 146 valence electrons. The highest BCUT2D eigenvalue weighted by Crippen LogP contribution is 2.14. The molecule has 1 N–H and O–H groups in total. The molecule has 0 amide bonds. The minimum absolute atomic E-state index is 0.201. The third-order valence-electron chi connectivity index (χ3n) is 3.79. The van der Waals surface area contributed by atoms with Crippen LogP contribution in [-0.2, 0) is 9.59 Å². The Kier molecular flexibility index (Phi) is 26.4. The van der Waals surface area contributed by atoms with Gasteiger partial charge >= 0.3 is 5.97 Å². The van der Waals surface area contributed by atoms with E-state index in [0.29, 0.717) is 24.7 Å². The molecule has 2 atom stereocenters. The molecule has 0 aromatic rings. The summed E-state index contributed by atoms with van der Waals surface area (Å²) >= 11 is 5.22. The van der Waals surface area contributed by atoms with Crippen molar-refractivity contribution in [3.63, 3.8) is 0 Å². The van der Waals surface area contributed by atoms with Crippen LogP contribution in [0, 0.1) is 11.8 Å². The molecule has 0 aromatic heterocycles. The Morgan fingerprint density at radius 3 is 1.50 bits per heavy atom. The van der Waals surface area contributed by atoms with E-state index in [-0.39, 0.29) is 5.24 Å². The Labute approximate surface area is 155 Å². The normalized spacial score (nSPS) is 12.1. The number of hydrogen-bond donors (Lipinski definition) is 1. The average Bonchev–Trinajstić information content (AvgIpc) is 2.56. The van der Waals surface area contributed by atoms with Gasteiger partial charge in [-0.1, -0.05) is 80.1 Å². The van der Waals surface area contributed by atoms with Crippen LogP contribution in [0.15, 0.2) is 0 Å². The molecular formula is C20H41ClO3. The summed E-state index contributed by atoms with van der Waals surface area (Å²) in [7, 11) is 0. The van der Waals surface area contributed by atoms with Gasteiger partial charge in [0.2, 0.25) is 5.24 Å². The zero-order valence-electron chi connectivity index (χ0n) is 16.9. The molecule has 0 saturated heterocycles. The Bertz CT molecular complexity index is 252. The number of carboxylic acids is 1. The molecule has 0 aromatic carbocycles. The summed E-state index contributed by atoms with van der Waals surface area (Å²) in [4.78, 5) is 20.6. The first kappa shape index (κ1) is 28.2. The molecule has 0 aliphatic heterocycles. The first-order valence-corrected chi connectivity index (χ1v) is 10.1. The predicted molar refractivity (Wildman–Crippen MR) is 106 cm³/mol. The molecule has 0 bridgehead atoms. The largest absolute Gasteiger partial charge is 0.481 e. The van der Waals surface area contributed by atoms with Gasteiger partial charge in [-0.05, 0) is 36.3 Å². The minimum Gasteiger partial charge on any atom is -0.481 e. The van der Waals surface area contributed by atoms with E-state index in [2.05, 4.69) is 27.7 Å². The number of rotatable bonds is 12. The van der Waals surface area contributed by atoms with Gasteiger partial charge in [-0.25, -0.2) is 0 Å². The van der Waals surface area contributed by atoms with E-state index in [1.54, 1.807) is 0 Å². The van der Waals surface area contributed by atoms with Gasteiger partial charge in [0.25, 0.3) is 0 Å². The fraction of sp³-hybridized carbons (Fsp3) is 0.900. The first-order chi connectivity index (χ1) is 11.3. The van der Waals surface area contributed by atoms with Gasteiger partial charge in [0.1, 0.15) is 0 Å². The van der Waals surface area contributed by atoms with E-state index in [0.717, 1.165) is 12.8 Å². The second-order valence-electron chi connectivity index (χ2n) is 6.32. The van der Waals surface area contributed by atoms with Crippen LogP contribution in [0.5, 0.6) is 0 Å². The molecule has 0 heterocycles. The maximum absolute atomic E-state index is 10.4. The van der Waals surface area contributed by atoms with Crippen molar-refractivity contribution in [2.75, 3.05) is 0 Å². The lowest BCUT2D eigenvalue weighted by Crippen LogP contribution is -2.00. The number of carbonyl (C=O) groups excluding carboxylic acids is 1. The summed E-state index contributed by atoms with van der Waals surface area (Å²) in [6, 6.07) is 0. The van der Waals surface area contributed by atoms with Gasteiger partial charge in [0, 0.05) is 12.8 Å². The highest BCUT2D eigenvalue weighted by molar-refractivity contribution is 6.63. The molecule has 0 aliphatic carbocycles. The second kappa shape index (κ2) is 22.4. The topological polar surface area (TPSA) is 54.4 Å². The van der Waals surface area contributed by atoms with Crippen LogP contribution in [0.1, 0.15) is 106 Å². The fourth-order valence-corrected chi connectivity index (χ4v) is 2.23. The van der Waals surface area contributed by atoms with Crippen molar-refractivity contribution in [1.82, 2.24) is 0 Å². The van der Waals surface area contributed by atoms with Crippen molar-refractivity contribution in [3.8, 4) is 0 Å².